The molecule has 1 aliphatic heterocycles. The van der Waals surface area contributed by atoms with Gasteiger partial charge in [0.05, 0.1) is 6.54 Å². The summed E-state index contributed by atoms with van der Waals surface area (Å²) >= 11 is 0. The second-order valence-electron chi connectivity index (χ2n) is 6.36. The molecule has 0 spiro atoms. The van der Waals surface area contributed by atoms with Crippen LogP contribution in [0.5, 0.6) is 5.75 Å². The summed E-state index contributed by atoms with van der Waals surface area (Å²) in [6.07, 6.45) is 4.81. The van der Waals surface area contributed by atoms with Gasteiger partial charge in [-0.2, -0.15) is 0 Å². The molecule has 1 aliphatic rings. The third kappa shape index (κ3) is 3.72. The van der Waals surface area contributed by atoms with Crippen molar-refractivity contribution in [3.63, 3.8) is 0 Å². The van der Waals surface area contributed by atoms with E-state index in [0.29, 0.717) is 0 Å². The van der Waals surface area contributed by atoms with Crippen molar-refractivity contribution < 1.29 is 9.26 Å². The van der Waals surface area contributed by atoms with Gasteiger partial charge in [-0.25, -0.2) is 0 Å². The zero-order chi connectivity index (χ0) is 17.1. The quantitative estimate of drug-likeness (QED) is 0.689. The third-order valence-electron chi connectivity index (χ3n) is 4.43. The summed E-state index contributed by atoms with van der Waals surface area (Å²) in [6.45, 7) is 4.71. The number of nitrogens with zero attached hydrogens (tertiary/aromatic N) is 3. The highest BCUT2D eigenvalue weighted by atomic mass is 16.5. The number of hydrogen-bond donors (Lipinski definition) is 0. The number of hydrogen-bond acceptors (Lipinski definition) is 5. The summed E-state index contributed by atoms with van der Waals surface area (Å²) < 4.78 is 11.5. The van der Waals surface area contributed by atoms with Crippen LogP contribution in [0, 0.1) is 0 Å². The van der Waals surface area contributed by atoms with Crippen LogP contribution in [0.15, 0.2) is 59.4 Å². The molecule has 1 saturated heterocycles. The Morgan fingerprint density at radius 1 is 1.20 bits per heavy atom. The number of likely N-dealkylation sites (tertiary alicyclic amines) is 1. The first-order valence-corrected chi connectivity index (χ1v) is 8.64. The van der Waals surface area contributed by atoms with Gasteiger partial charge in [-0.05, 0) is 36.2 Å². The number of benzene rings is 1. The van der Waals surface area contributed by atoms with E-state index >= 15 is 0 Å². The van der Waals surface area contributed by atoms with Gasteiger partial charge in [-0.15, -0.1) is 0 Å². The van der Waals surface area contributed by atoms with Crippen LogP contribution in [0.3, 0.4) is 0 Å². The lowest BCUT2D eigenvalue weighted by Crippen LogP contribution is -2.53. The van der Waals surface area contributed by atoms with Gasteiger partial charge in [0, 0.05) is 37.1 Å². The van der Waals surface area contributed by atoms with Crippen LogP contribution in [0.1, 0.15) is 18.2 Å². The van der Waals surface area contributed by atoms with Crippen LogP contribution < -0.4 is 4.74 Å². The van der Waals surface area contributed by atoms with E-state index in [9.17, 15) is 0 Å². The molecule has 2 aromatic heterocycles. The molecule has 0 saturated carbocycles. The summed E-state index contributed by atoms with van der Waals surface area (Å²) in [5.41, 5.74) is 3.10. The highest BCUT2D eigenvalue weighted by Gasteiger charge is 2.29. The Balaban J connectivity index is 1.29. The number of aromatic nitrogens is 2. The minimum absolute atomic E-state index is 0.243. The fourth-order valence-electron chi connectivity index (χ4n) is 3.02. The minimum atomic E-state index is 0.243. The SMILES string of the molecule is CCc1cccc(OC2CN(Cc3cc(-c4cccnc4)no3)C2)c1. The minimum Gasteiger partial charge on any atom is -0.488 e. The van der Waals surface area contributed by atoms with Crippen LogP contribution in [0.4, 0.5) is 0 Å². The van der Waals surface area contributed by atoms with E-state index in [2.05, 4.69) is 40.2 Å². The van der Waals surface area contributed by atoms with Crippen molar-refractivity contribution in [2.45, 2.75) is 26.0 Å². The Hall–Kier alpha value is -2.66. The normalized spacial score (nSPS) is 15.1. The van der Waals surface area contributed by atoms with Crippen LogP contribution in [0.25, 0.3) is 11.3 Å². The monoisotopic (exact) mass is 335 g/mol. The summed E-state index contributed by atoms with van der Waals surface area (Å²) in [4.78, 5) is 6.41. The first kappa shape index (κ1) is 15.8. The van der Waals surface area contributed by atoms with E-state index in [0.717, 1.165) is 48.8 Å². The number of pyridine rings is 1. The highest BCUT2D eigenvalue weighted by Crippen LogP contribution is 2.23. The Kier molecular flexibility index (Phi) is 4.48. The van der Waals surface area contributed by atoms with Crippen LogP contribution in [-0.2, 0) is 13.0 Å². The zero-order valence-corrected chi connectivity index (χ0v) is 14.3. The summed E-state index contributed by atoms with van der Waals surface area (Å²) in [5.74, 6) is 1.83. The van der Waals surface area contributed by atoms with E-state index in [1.54, 1.807) is 12.4 Å². The van der Waals surface area contributed by atoms with Crippen molar-refractivity contribution in [3.8, 4) is 17.0 Å². The molecular formula is C20H21N3O2. The molecule has 0 amide bonds. The summed E-state index contributed by atoms with van der Waals surface area (Å²) in [5, 5.41) is 4.13. The Bertz CT molecular complexity index is 826. The fourth-order valence-corrected chi connectivity index (χ4v) is 3.02. The smallest absolute Gasteiger partial charge is 0.151 e. The maximum absolute atomic E-state index is 6.04. The van der Waals surface area contributed by atoms with Crippen LogP contribution >= 0.6 is 0 Å². The average molecular weight is 335 g/mol. The standard InChI is InChI=1S/C20H21N3O2/c1-2-15-5-3-7-17(9-15)24-19-13-23(14-19)12-18-10-20(22-25-18)16-6-4-8-21-11-16/h3-11,19H,2,12-14H2,1H3. The van der Waals surface area contributed by atoms with E-state index < -0.39 is 0 Å². The van der Waals surface area contributed by atoms with Gasteiger partial charge in [0.1, 0.15) is 17.5 Å². The molecule has 3 heterocycles. The molecule has 1 fully saturated rings. The van der Waals surface area contributed by atoms with Gasteiger partial charge < -0.3 is 9.26 Å². The lowest BCUT2D eigenvalue weighted by atomic mass is 10.1. The van der Waals surface area contributed by atoms with Gasteiger partial charge in [-0.1, -0.05) is 24.2 Å². The second kappa shape index (κ2) is 7.07. The van der Waals surface area contributed by atoms with Crippen molar-refractivity contribution in [3.05, 3.63) is 66.2 Å². The van der Waals surface area contributed by atoms with E-state index in [1.165, 1.54) is 5.56 Å². The largest absolute Gasteiger partial charge is 0.488 e. The molecule has 5 nitrogen and oxygen atoms in total. The molecule has 5 heteroatoms. The molecule has 0 bridgehead atoms. The maximum atomic E-state index is 6.04. The van der Waals surface area contributed by atoms with Gasteiger partial charge >= 0.3 is 0 Å². The van der Waals surface area contributed by atoms with E-state index in [1.807, 2.05) is 24.3 Å². The molecule has 0 atom stereocenters. The van der Waals surface area contributed by atoms with E-state index in [4.69, 9.17) is 9.26 Å². The van der Waals surface area contributed by atoms with Gasteiger partial charge in [0.15, 0.2) is 5.76 Å². The first-order valence-electron chi connectivity index (χ1n) is 8.64. The average Bonchev–Trinajstić information content (AvgIpc) is 3.09. The summed E-state index contributed by atoms with van der Waals surface area (Å²) in [6, 6.07) is 14.2. The van der Waals surface area contributed by atoms with Crippen LogP contribution in [-0.4, -0.2) is 34.2 Å². The van der Waals surface area contributed by atoms with Crippen molar-refractivity contribution >= 4 is 0 Å². The van der Waals surface area contributed by atoms with Crippen molar-refractivity contribution in [2.75, 3.05) is 13.1 Å². The first-order chi connectivity index (χ1) is 12.3. The zero-order valence-electron chi connectivity index (χ0n) is 14.3. The number of rotatable bonds is 6. The fraction of sp³-hybridized carbons (Fsp3) is 0.300. The molecule has 3 aromatic rings. The molecule has 1 aromatic carbocycles. The van der Waals surface area contributed by atoms with Gasteiger partial charge in [-0.3, -0.25) is 9.88 Å². The van der Waals surface area contributed by atoms with Crippen molar-refractivity contribution in [2.24, 2.45) is 0 Å². The molecule has 0 N–H and O–H groups in total. The predicted molar refractivity (Wildman–Crippen MR) is 95.2 cm³/mol. The Labute approximate surface area is 147 Å². The summed E-state index contributed by atoms with van der Waals surface area (Å²) in [7, 11) is 0. The van der Waals surface area contributed by atoms with Crippen molar-refractivity contribution in [1.29, 1.82) is 0 Å². The second-order valence-corrected chi connectivity index (χ2v) is 6.36. The van der Waals surface area contributed by atoms with Gasteiger partial charge in [0.2, 0.25) is 0 Å². The lowest BCUT2D eigenvalue weighted by Gasteiger charge is -2.38. The topological polar surface area (TPSA) is 51.4 Å². The molecule has 25 heavy (non-hydrogen) atoms. The molecule has 0 unspecified atom stereocenters. The Morgan fingerprint density at radius 2 is 2.12 bits per heavy atom. The Morgan fingerprint density at radius 3 is 2.92 bits per heavy atom. The highest BCUT2D eigenvalue weighted by molar-refractivity contribution is 5.57. The van der Waals surface area contributed by atoms with Crippen LogP contribution in [0.2, 0.25) is 0 Å². The van der Waals surface area contributed by atoms with E-state index in [-0.39, 0.29) is 6.10 Å². The third-order valence-corrected chi connectivity index (χ3v) is 4.43. The maximum Gasteiger partial charge on any atom is 0.151 e. The lowest BCUT2D eigenvalue weighted by molar-refractivity contribution is 0.00963. The number of ether oxygens (including phenoxy) is 1. The van der Waals surface area contributed by atoms with Gasteiger partial charge in [0.25, 0.3) is 0 Å². The molecule has 0 radical (unpaired) electrons. The predicted octanol–water partition coefficient (Wildman–Crippen LogP) is 3.56. The number of aryl methyl sites for hydroxylation is 1. The molecule has 4 rings (SSSR count). The molecular weight excluding hydrogens is 314 g/mol. The van der Waals surface area contributed by atoms with Crippen molar-refractivity contribution in [1.82, 2.24) is 15.0 Å². The molecule has 0 aliphatic carbocycles. The molecule has 128 valence electrons.